The van der Waals surface area contributed by atoms with Gasteiger partial charge in [-0.05, 0) is 24.3 Å². The van der Waals surface area contributed by atoms with Gasteiger partial charge in [-0.25, -0.2) is 4.98 Å². The molecule has 0 aliphatic carbocycles. The van der Waals surface area contributed by atoms with Crippen LogP contribution >= 0.6 is 11.6 Å². The summed E-state index contributed by atoms with van der Waals surface area (Å²) in [5.74, 6) is 0.440. The number of benzene rings is 1. The summed E-state index contributed by atoms with van der Waals surface area (Å²) in [6.07, 6.45) is 3.46. The summed E-state index contributed by atoms with van der Waals surface area (Å²) in [7, 11) is 1.84. The molecule has 5 nitrogen and oxygen atoms in total. The van der Waals surface area contributed by atoms with Crippen molar-refractivity contribution in [3.63, 3.8) is 0 Å². The van der Waals surface area contributed by atoms with Gasteiger partial charge in [-0.15, -0.1) is 0 Å². The molecule has 3 aromatic rings. The normalized spacial score (nSPS) is 10.8. The number of pyridine rings is 1. The Hall–Kier alpha value is -2.27. The Morgan fingerprint density at radius 2 is 2.16 bits per heavy atom. The Morgan fingerprint density at radius 3 is 2.89 bits per heavy atom. The van der Waals surface area contributed by atoms with Crippen LogP contribution in [0, 0.1) is 0 Å². The fourth-order valence-electron chi connectivity index (χ4n) is 1.99. The van der Waals surface area contributed by atoms with Crippen molar-refractivity contribution >= 4 is 40.0 Å². The molecule has 0 saturated carbocycles. The number of aryl methyl sites for hydroxylation is 1. The van der Waals surface area contributed by atoms with Crippen molar-refractivity contribution in [2.75, 3.05) is 11.1 Å². The van der Waals surface area contributed by atoms with E-state index in [1.54, 1.807) is 17.0 Å². The first-order valence-corrected chi connectivity index (χ1v) is 6.11. The summed E-state index contributed by atoms with van der Waals surface area (Å²) < 4.78 is 1.77. The number of nitrogens with one attached hydrogen (secondary N) is 1. The van der Waals surface area contributed by atoms with Crippen molar-refractivity contribution < 1.29 is 0 Å². The quantitative estimate of drug-likeness (QED) is 0.753. The molecule has 2 aromatic heterocycles. The number of nitrogen functional groups attached to an aromatic ring is 1. The van der Waals surface area contributed by atoms with Crippen LogP contribution in [0.1, 0.15) is 0 Å². The van der Waals surface area contributed by atoms with Gasteiger partial charge in [-0.2, -0.15) is 0 Å². The first-order valence-electron chi connectivity index (χ1n) is 5.73. The summed E-state index contributed by atoms with van der Waals surface area (Å²) in [6.45, 7) is 0. The summed E-state index contributed by atoms with van der Waals surface area (Å²) in [5.41, 5.74) is 9.12. The van der Waals surface area contributed by atoms with E-state index in [4.69, 9.17) is 17.3 Å². The van der Waals surface area contributed by atoms with Gasteiger partial charge >= 0.3 is 0 Å². The summed E-state index contributed by atoms with van der Waals surface area (Å²) in [4.78, 5) is 8.33. The van der Waals surface area contributed by atoms with Crippen molar-refractivity contribution in [3.05, 3.63) is 41.7 Å². The minimum absolute atomic E-state index is 0.440. The Labute approximate surface area is 115 Å². The molecular formula is C13H12ClN5. The molecule has 19 heavy (non-hydrogen) atoms. The molecule has 6 heteroatoms. The second kappa shape index (κ2) is 4.44. The molecule has 0 aliphatic heterocycles. The van der Waals surface area contributed by atoms with Crippen LogP contribution in [0.2, 0.25) is 5.02 Å². The molecule has 0 radical (unpaired) electrons. The van der Waals surface area contributed by atoms with Gasteiger partial charge in [0.1, 0.15) is 0 Å². The van der Waals surface area contributed by atoms with Crippen LogP contribution in [-0.4, -0.2) is 14.5 Å². The highest BCUT2D eigenvalue weighted by atomic mass is 35.5. The molecule has 96 valence electrons. The van der Waals surface area contributed by atoms with E-state index < -0.39 is 0 Å². The lowest BCUT2D eigenvalue weighted by atomic mass is 10.2. The standard InChI is InChI=1S/C13H12ClN5/c1-19-12-10(14)5-9(6-11(12)18-13(19)15)17-8-3-2-4-16-7-8/h2-7,17H,1H3,(H2,15,18). The highest BCUT2D eigenvalue weighted by Gasteiger charge is 2.10. The van der Waals surface area contributed by atoms with Crippen LogP contribution in [0.3, 0.4) is 0 Å². The van der Waals surface area contributed by atoms with E-state index in [-0.39, 0.29) is 0 Å². The lowest BCUT2D eigenvalue weighted by Gasteiger charge is -2.07. The third kappa shape index (κ3) is 2.08. The highest BCUT2D eigenvalue weighted by molar-refractivity contribution is 6.35. The third-order valence-electron chi connectivity index (χ3n) is 2.91. The Balaban J connectivity index is 2.06. The largest absolute Gasteiger partial charge is 0.369 e. The first kappa shape index (κ1) is 11.8. The molecule has 3 rings (SSSR count). The number of fused-ring (bicyclic) bond motifs is 1. The number of halogens is 1. The van der Waals surface area contributed by atoms with Crippen LogP contribution < -0.4 is 11.1 Å². The molecule has 0 aliphatic rings. The molecule has 0 unspecified atom stereocenters. The molecular weight excluding hydrogens is 262 g/mol. The number of aromatic nitrogens is 3. The maximum Gasteiger partial charge on any atom is 0.200 e. The smallest absolute Gasteiger partial charge is 0.200 e. The number of anilines is 3. The number of hydrogen-bond acceptors (Lipinski definition) is 4. The lowest BCUT2D eigenvalue weighted by Crippen LogP contribution is -1.96. The molecule has 0 fully saturated rings. The molecule has 2 heterocycles. The highest BCUT2D eigenvalue weighted by Crippen LogP contribution is 2.30. The molecule has 0 saturated heterocycles. The minimum atomic E-state index is 0.440. The van der Waals surface area contributed by atoms with Crippen molar-refractivity contribution in [2.24, 2.45) is 7.05 Å². The van der Waals surface area contributed by atoms with E-state index in [1.807, 2.05) is 31.3 Å². The van der Waals surface area contributed by atoms with Crippen LogP contribution in [0.25, 0.3) is 11.0 Å². The summed E-state index contributed by atoms with van der Waals surface area (Å²) in [5, 5.41) is 3.84. The number of rotatable bonds is 2. The number of hydrogen-bond donors (Lipinski definition) is 2. The van der Waals surface area contributed by atoms with Crippen LogP contribution in [0.5, 0.6) is 0 Å². The fraction of sp³-hybridized carbons (Fsp3) is 0.0769. The Bertz CT molecular complexity index is 736. The van der Waals surface area contributed by atoms with Crippen LogP contribution in [0.4, 0.5) is 17.3 Å². The van der Waals surface area contributed by atoms with Gasteiger partial charge in [-0.3, -0.25) is 4.98 Å². The fourth-order valence-corrected chi connectivity index (χ4v) is 2.33. The predicted octanol–water partition coefficient (Wildman–Crippen LogP) is 2.95. The number of nitrogens with two attached hydrogens (primary N) is 1. The maximum atomic E-state index is 6.28. The molecule has 0 atom stereocenters. The molecule has 0 spiro atoms. The van der Waals surface area contributed by atoms with Crippen molar-refractivity contribution in [1.29, 1.82) is 0 Å². The summed E-state index contributed by atoms with van der Waals surface area (Å²) >= 11 is 6.28. The van der Waals surface area contributed by atoms with E-state index in [2.05, 4.69) is 15.3 Å². The van der Waals surface area contributed by atoms with E-state index >= 15 is 0 Å². The van der Waals surface area contributed by atoms with Gasteiger partial charge < -0.3 is 15.6 Å². The van der Waals surface area contributed by atoms with Crippen molar-refractivity contribution in [3.8, 4) is 0 Å². The zero-order valence-corrected chi connectivity index (χ0v) is 11.0. The third-order valence-corrected chi connectivity index (χ3v) is 3.20. The molecule has 1 aromatic carbocycles. The van der Waals surface area contributed by atoms with E-state index in [1.165, 1.54) is 0 Å². The van der Waals surface area contributed by atoms with Gasteiger partial charge in [0, 0.05) is 18.9 Å². The van der Waals surface area contributed by atoms with Crippen molar-refractivity contribution in [2.45, 2.75) is 0 Å². The second-order valence-corrected chi connectivity index (χ2v) is 4.63. The minimum Gasteiger partial charge on any atom is -0.369 e. The Kier molecular flexibility index (Phi) is 2.76. The van der Waals surface area contributed by atoms with Gasteiger partial charge in [0.2, 0.25) is 5.95 Å². The molecule has 0 amide bonds. The van der Waals surface area contributed by atoms with Gasteiger partial charge in [0.15, 0.2) is 0 Å². The number of nitrogens with zero attached hydrogens (tertiary/aromatic N) is 3. The van der Waals surface area contributed by atoms with Gasteiger partial charge in [0.25, 0.3) is 0 Å². The number of imidazole rings is 1. The second-order valence-electron chi connectivity index (χ2n) is 4.22. The SMILES string of the molecule is Cn1c(N)nc2cc(Nc3cccnc3)cc(Cl)c21. The van der Waals surface area contributed by atoms with E-state index in [9.17, 15) is 0 Å². The molecule has 0 bridgehead atoms. The average molecular weight is 274 g/mol. The van der Waals surface area contributed by atoms with E-state index in [0.717, 1.165) is 22.4 Å². The monoisotopic (exact) mass is 273 g/mol. The van der Waals surface area contributed by atoms with Crippen molar-refractivity contribution in [1.82, 2.24) is 14.5 Å². The molecule has 3 N–H and O–H groups in total. The zero-order valence-electron chi connectivity index (χ0n) is 10.3. The Morgan fingerprint density at radius 1 is 1.32 bits per heavy atom. The first-order chi connectivity index (χ1) is 9.15. The van der Waals surface area contributed by atoms with Crippen LogP contribution in [-0.2, 0) is 7.05 Å². The maximum absolute atomic E-state index is 6.28. The topological polar surface area (TPSA) is 68.8 Å². The van der Waals surface area contributed by atoms with Gasteiger partial charge in [-0.1, -0.05) is 11.6 Å². The van der Waals surface area contributed by atoms with Crippen LogP contribution in [0.15, 0.2) is 36.7 Å². The van der Waals surface area contributed by atoms with E-state index in [0.29, 0.717) is 11.0 Å². The predicted molar refractivity (Wildman–Crippen MR) is 77.7 cm³/mol. The lowest BCUT2D eigenvalue weighted by molar-refractivity contribution is 0.965. The zero-order chi connectivity index (χ0) is 13.4. The average Bonchev–Trinajstić information content (AvgIpc) is 2.66. The summed E-state index contributed by atoms with van der Waals surface area (Å²) in [6, 6.07) is 7.54. The van der Waals surface area contributed by atoms with Gasteiger partial charge in [0.05, 0.1) is 27.9 Å².